The van der Waals surface area contributed by atoms with Crippen LogP contribution in [-0.4, -0.2) is 25.7 Å². The normalized spacial score (nSPS) is 50.5. The topological polar surface area (TPSA) is 20.2 Å². The zero-order chi connectivity index (χ0) is 14.6. The SMILES string of the molecule is C=C1C[C@@H](O)[C@H](Br)C(C)(C)[C@]12CC[C@](C)(Cl)[C@@H](Br)C2. The first-order valence-corrected chi connectivity index (χ1v) is 9.09. The predicted octanol–water partition coefficient (Wildman–Crippen LogP) is 5.03. The van der Waals surface area contributed by atoms with Crippen molar-refractivity contribution in [2.24, 2.45) is 10.8 Å². The van der Waals surface area contributed by atoms with Crippen molar-refractivity contribution < 1.29 is 5.11 Å². The Labute approximate surface area is 138 Å². The molecule has 0 heterocycles. The highest BCUT2D eigenvalue weighted by Gasteiger charge is 2.59. The van der Waals surface area contributed by atoms with Crippen LogP contribution in [0.15, 0.2) is 12.2 Å². The largest absolute Gasteiger partial charge is 0.392 e. The second-order valence-corrected chi connectivity index (χ2v) is 9.99. The summed E-state index contributed by atoms with van der Waals surface area (Å²) in [6, 6.07) is 0. The zero-order valence-electron chi connectivity index (χ0n) is 11.8. The average Bonchev–Trinajstić information content (AvgIpc) is 2.29. The van der Waals surface area contributed by atoms with Crippen molar-refractivity contribution in [1.82, 2.24) is 0 Å². The van der Waals surface area contributed by atoms with E-state index < -0.39 is 0 Å². The number of alkyl halides is 3. The van der Waals surface area contributed by atoms with Crippen molar-refractivity contribution in [3.8, 4) is 0 Å². The van der Waals surface area contributed by atoms with Crippen molar-refractivity contribution in [2.75, 3.05) is 0 Å². The minimum Gasteiger partial charge on any atom is -0.392 e. The maximum Gasteiger partial charge on any atom is 0.0707 e. The molecule has 1 N–H and O–H groups in total. The molecule has 0 bridgehead atoms. The van der Waals surface area contributed by atoms with E-state index in [1.54, 1.807) is 0 Å². The Morgan fingerprint density at radius 3 is 2.37 bits per heavy atom. The summed E-state index contributed by atoms with van der Waals surface area (Å²) in [5.41, 5.74) is 1.22. The second kappa shape index (κ2) is 5.00. The van der Waals surface area contributed by atoms with Crippen LogP contribution in [0.1, 0.15) is 46.5 Å². The number of halogens is 3. The summed E-state index contributed by atoms with van der Waals surface area (Å²) >= 11 is 14.1. The van der Waals surface area contributed by atoms with E-state index in [-0.39, 0.29) is 31.5 Å². The van der Waals surface area contributed by atoms with E-state index in [2.05, 4.69) is 59.2 Å². The van der Waals surface area contributed by atoms with Crippen LogP contribution in [-0.2, 0) is 0 Å². The lowest BCUT2D eigenvalue weighted by molar-refractivity contribution is -0.0173. The summed E-state index contributed by atoms with van der Waals surface area (Å²) in [6.45, 7) is 10.9. The first kappa shape index (κ1) is 16.3. The van der Waals surface area contributed by atoms with Gasteiger partial charge in [0.05, 0.1) is 11.0 Å². The first-order valence-electron chi connectivity index (χ1n) is 6.88. The molecule has 4 heteroatoms. The van der Waals surface area contributed by atoms with Gasteiger partial charge < -0.3 is 5.11 Å². The summed E-state index contributed by atoms with van der Waals surface area (Å²) in [5.74, 6) is 0. The standard InChI is InChI=1S/C15H23Br2ClO/c1-9-7-10(19)12(17)13(2,3)15(9)6-5-14(4,18)11(16)8-15/h10-12,19H,1,5-8H2,2-4H3/t10-,11+,12+,14+,15+/m1/s1. The molecule has 19 heavy (non-hydrogen) atoms. The molecular weight excluding hydrogens is 391 g/mol. The fraction of sp³-hybridized carbons (Fsp3) is 0.867. The van der Waals surface area contributed by atoms with Crippen LogP contribution < -0.4 is 0 Å². The Kier molecular flexibility index (Phi) is 4.29. The van der Waals surface area contributed by atoms with Crippen molar-refractivity contribution in [3.05, 3.63) is 12.2 Å². The van der Waals surface area contributed by atoms with E-state index in [4.69, 9.17) is 11.6 Å². The van der Waals surface area contributed by atoms with Gasteiger partial charge >= 0.3 is 0 Å². The van der Waals surface area contributed by atoms with Crippen molar-refractivity contribution in [3.63, 3.8) is 0 Å². The van der Waals surface area contributed by atoms with Crippen LogP contribution >= 0.6 is 43.5 Å². The molecule has 0 amide bonds. The number of aliphatic hydroxyl groups excluding tert-OH is 1. The quantitative estimate of drug-likeness (QED) is 0.435. The Morgan fingerprint density at radius 1 is 1.26 bits per heavy atom. The number of aliphatic hydroxyl groups is 1. The van der Waals surface area contributed by atoms with Crippen LogP contribution in [0.3, 0.4) is 0 Å². The monoisotopic (exact) mass is 412 g/mol. The first-order chi connectivity index (χ1) is 8.54. The van der Waals surface area contributed by atoms with Crippen LogP contribution in [0.25, 0.3) is 0 Å². The highest BCUT2D eigenvalue weighted by atomic mass is 79.9. The van der Waals surface area contributed by atoms with Gasteiger partial charge in [-0.1, -0.05) is 57.9 Å². The molecule has 0 radical (unpaired) electrons. The lowest BCUT2D eigenvalue weighted by Gasteiger charge is -2.60. The lowest BCUT2D eigenvalue weighted by atomic mass is 9.49. The Bertz CT molecular complexity index is 394. The summed E-state index contributed by atoms with van der Waals surface area (Å²) in [4.78, 5) is 0.200. The third-order valence-corrected chi connectivity index (χ3v) is 9.42. The van der Waals surface area contributed by atoms with Crippen LogP contribution in [0.5, 0.6) is 0 Å². The molecule has 2 aliphatic rings. The van der Waals surface area contributed by atoms with Crippen LogP contribution in [0.2, 0.25) is 0 Å². The van der Waals surface area contributed by atoms with Crippen LogP contribution in [0, 0.1) is 10.8 Å². The lowest BCUT2D eigenvalue weighted by Crippen LogP contribution is -2.58. The van der Waals surface area contributed by atoms with Gasteiger partial charge in [0.15, 0.2) is 0 Å². The van der Waals surface area contributed by atoms with Crippen molar-refractivity contribution >= 4 is 43.5 Å². The van der Waals surface area contributed by atoms with E-state index in [0.29, 0.717) is 6.42 Å². The number of rotatable bonds is 0. The number of hydrogen-bond acceptors (Lipinski definition) is 1. The van der Waals surface area contributed by atoms with E-state index in [1.165, 1.54) is 5.57 Å². The molecule has 110 valence electrons. The molecular formula is C15H23Br2ClO. The summed E-state index contributed by atoms with van der Waals surface area (Å²) in [7, 11) is 0. The Balaban J connectivity index is 2.39. The molecule has 1 spiro atoms. The molecule has 0 aliphatic heterocycles. The Morgan fingerprint density at radius 2 is 1.84 bits per heavy atom. The maximum atomic E-state index is 10.2. The fourth-order valence-corrected chi connectivity index (χ4v) is 5.47. The molecule has 2 saturated carbocycles. The highest BCUT2D eigenvalue weighted by Crippen LogP contribution is 2.64. The second-order valence-electron chi connectivity index (χ2n) is 7.03. The molecule has 0 aromatic carbocycles. The smallest absolute Gasteiger partial charge is 0.0707 e. The molecule has 2 rings (SSSR count). The Hall–Kier alpha value is 0.950. The van der Waals surface area contributed by atoms with Gasteiger partial charge in [0.2, 0.25) is 0 Å². The summed E-state index contributed by atoms with van der Waals surface area (Å²) in [6.07, 6.45) is 3.37. The average molecular weight is 415 g/mol. The van der Waals surface area contributed by atoms with Crippen molar-refractivity contribution in [2.45, 2.75) is 67.1 Å². The molecule has 0 saturated heterocycles. The van der Waals surface area contributed by atoms with Crippen LogP contribution in [0.4, 0.5) is 0 Å². The maximum absolute atomic E-state index is 10.2. The van der Waals surface area contributed by atoms with E-state index in [0.717, 1.165) is 19.3 Å². The van der Waals surface area contributed by atoms with Gasteiger partial charge in [0.25, 0.3) is 0 Å². The van der Waals surface area contributed by atoms with E-state index in [1.807, 2.05) is 0 Å². The molecule has 5 atom stereocenters. The molecule has 0 aromatic heterocycles. The van der Waals surface area contributed by atoms with Gasteiger partial charge in [0.1, 0.15) is 0 Å². The van der Waals surface area contributed by atoms with E-state index in [9.17, 15) is 5.11 Å². The minimum absolute atomic E-state index is 0.0266. The highest BCUT2D eigenvalue weighted by molar-refractivity contribution is 9.09. The summed E-state index contributed by atoms with van der Waals surface area (Å²) < 4.78 is 0. The van der Waals surface area contributed by atoms with Gasteiger partial charge in [-0.15, -0.1) is 11.6 Å². The summed E-state index contributed by atoms with van der Waals surface area (Å²) in [5, 5.41) is 10.2. The predicted molar refractivity (Wildman–Crippen MR) is 89.5 cm³/mol. The molecule has 1 nitrogen and oxygen atoms in total. The minimum atomic E-state index is -0.341. The molecule has 2 aliphatic carbocycles. The molecule has 2 fully saturated rings. The van der Waals surface area contributed by atoms with Gasteiger partial charge in [0, 0.05) is 9.65 Å². The van der Waals surface area contributed by atoms with Gasteiger partial charge in [-0.25, -0.2) is 0 Å². The van der Waals surface area contributed by atoms with Gasteiger partial charge in [-0.05, 0) is 43.4 Å². The third kappa shape index (κ3) is 2.37. The van der Waals surface area contributed by atoms with Gasteiger partial charge in [-0.2, -0.15) is 0 Å². The van der Waals surface area contributed by atoms with E-state index >= 15 is 0 Å². The van der Waals surface area contributed by atoms with Gasteiger partial charge in [-0.3, -0.25) is 0 Å². The number of hydrogen-bond donors (Lipinski definition) is 1. The molecule has 0 aromatic rings. The molecule has 0 unspecified atom stereocenters. The third-order valence-electron chi connectivity index (χ3n) is 5.61. The van der Waals surface area contributed by atoms with Crippen molar-refractivity contribution in [1.29, 1.82) is 0 Å². The zero-order valence-corrected chi connectivity index (χ0v) is 15.8. The fourth-order valence-electron chi connectivity index (χ4n) is 3.89.